The number of imide groups is 1. The zero-order chi connectivity index (χ0) is 22.5. The van der Waals surface area contributed by atoms with E-state index in [4.69, 9.17) is 5.73 Å². The van der Waals surface area contributed by atoms with E-state index in [1.165, 1.54) is 40.4 Å². The molecule has 1 heterocycles. The first kappa shape index (κ1) is 21.6. The molecule has 0 radical (unpaired) electrons. The molecule has 1 atom stereocenters. The lowest BCUT2D eigenvalue weighted by atomic mass is 10.1. The van der Waals surface area contributed by atoms with Crippen LogP contribution in [0.2, 0.25) is 0 Å². The Morgan fingerprint density at radius 1 is 1.03 bits per heavy atom. The van der Waals surface area contributed by atoms with Gasteiger partial charge >= 0.3 is 12.2 Å². The van der Waals surface area contributed by atoms with Crippen molar-refractivity contribution in [2.24, 2.45) is 0 Å². The maximum Gasteiger partial charge on any atom is 0.435 e. The first-order chi connectivity index (χ1) is 13.8. The van der Waals surface area contributed by atoms with E-state index < -0.39 is 38.7 Å². The van der Waals surface area contributed by atoms with Crippen molar-refractivity contribution >= 4 is 33.3 Å². The number of nitrogen functional groups attached to an aromatic ring is 1. The van der Waals surface area contributed by atoms with Crippen LogP contribution in [-0.2, 0) is 14.8 Å². The Morgan fingerprint density at radius 3 is 2.17 bits per heavy atom. The van der Waals surface area contributed by atoms with Gasteiger partial charge in [0.05, 0.1) is 10.6 Å². The van der Waals surface area contributed by atoms with Gasteiger partial charge in [-0.25, -0.2) is 18.1 Å². The second-order valence-electron chi connectivity index (χ2n) is 6.76. The molecule has 8 nitrogen and oxygen atoms in total. The highest BCUT2D eigenvalue weighted by Gasteiger charge is 2.69. The summed E-state index contributed by atoms with van der Waals surface area (Å²) in [5.41, 5.74) is 3.06. The number of aryl methyl sites for hydroxylation is 2. The van der Waals surface area contributed by atoms with Crippen molar-refractivity contribution in [3.05, 3.63) is 53.6 Å². The molecule has 2 aromatic carbocycles. The number of hydrogen-bond donors (Lipinski definition) is 3. The topological polar surface area (TPSA) is 122 Å². The molecule has 12 heteroatoms. The van der Waals surface area contributed by atoms with Crippen molar-refractivity contribution in [3.63, 3.8) is 0 Å². The normalized spacial score (nSPS) is 19.8. The van der Waals surface area contributed by atoms with Gasteiger partial charge in [-0.3, -0.25) is 4.79 Å². The number of alkyl halides is 3. The molecule has 2 aromatic rings. The number of carbonyl (C=O) groups is 2. The summed E-state index contributed by atoms with van der Waals surface area (Å²) in [5, 5.41) is 1.47. The number of urea groups is 1. The summed E-state index contributed by atoms with van der Waals surface area (Å²) in [7, 11) is -4.87. The molecule has 160 valence electrons. The lowest BCUT2D eigenvalue weighted by Gasteiger charge is -2.29. The van der Waals surface area contributed by atoms with Gasteiger partial charge in [0.25, 0.3) is 11.6 Å². The zero-order valence-corrected chi connectivity index (χ0v) is 16.6. The molecule has 0 aliphatic carbocycles. The van der Waals surface area contributed by atoms with Gasteiger partial charge in [0, 0.05) is 5.69 Å². The van der Waals surface area contributed by atoms with Crippen LogP contribution < -0.4 is 20.7 Å². The molecule has 1 fully saturated rings. The van der Waals surface area contributed by atoms with Gasteiger partial charge in [0.1, 0.15) is 0 Å². The molecule has 0 bridgehead atoms. The predicted molar refractivity (Wildman–Crippen MR) is 102 cm³/mol. The van der Waals surface area contributed by atoms with Crippen LogP contribution in [0.5, 0.6) is 0 Å². The van der Waals surface area contributed by atoms with Gasteiger partial charge in [-0.1, -0.05) is 6.07 Å². The van der Waals surface area contributed by atoms with Gasteiger partial charge in [-0.2, -0.15) is 17.9 Å². The highest BCUT2D eigenvalue weighted by Crippen LogP contribution is 2.37. The third kappa shape index (κ3) is 3.48. The minimum atomic E-state index is -5.48. The minimum absolute atomic E-state index is 0.126. The lowest BCUT2D eigenvalue weighted by Crippen LogP contribution is -2.69. The number of nitrogens with zero attached hydrogens (tertiary/aromatic N) is 1. The maximum absolute atomic E-state index is 14.0. The largest absolute Gasteiger partial charge is 0.435 e. The van der Waals surface area contributed by atoms with Crippen LogP contribution in [0.15, 0.2) is 47.4 Å². The third-order valence-electron chi connectivity index (χ3n) is 4.67. The number of nitrogens with one attached hydrogen (secondary N) is 2. The third-order valence-corrected chi connectivity index (χ3v) is 6.14. The number of rotatable bonds is 4. The van der Waals surface area contributed by atoms with Crippen LogP contribution in [0.25, 0.3) is 0 Å². The Kier molecular flexibility index (Phi) is 5.03. The van der Waals surface area contributed by atoms with Crippen LogP contribution in [0.1, 0.15) is 11.1 Å². The smallest absolute Gasteiger partial charge is 0.399 e. The second-order valence-corrected chi connectivity index (χ2v) is 8.44. The van der Waals surface area contributed by atoms with Gasteiger partial charge in [-0.15, -0.1) is 0 Å². The first-order valence-electron chi connectivity index (χ1n) is 8.49. The molecular formula is C18H17F3N4O4S. The summed E-state index contributed by atoms with van der Waals surface area (Å²) in [6.07, 6.45) is -5.48. The summed E-state index contributed by atoms with van der Waals surface area (Å²) in [5.74, 6) is -1.82. The lowest BCUT2D eigenvalue weighted by molar-refractivity contribution is -0.194. The van der Waals surface area contributed by atoms with Crippen molar-refractivity contribution in [1.82, 2.24) is 10.0 Å². The number of amides is 3. The average Bonchev–Trinajstić information content (AvgIpc) is 2.88. The summed E-state index contributed by atoms with van der Waals surface area (Å²) in [4.78, 5) is 24.9. The average molecular weight is 442 g/mol. The Morgan fingerprint density at radius 2 is 1.63 bits per heavy atom. The molecule has 0 aromatic heterocycles. The van der Waals surface area contributed by atoms with Crippen LogP contribution >= 0.6 is 0 Å². The fourth-order valence-corrected chi connectivity index (χ4v) is 4.12. The highest BCUT2D eigenvalue weighted by molar-refractivity contribution is 7.89. The number of benzene rings is 2. The number of hydrogen-bond acceptors (Lipinski definition) is 5. The summed E-state index contributed by atoms with van der Waals surface area (Å²) < 4.78 is 68.4. The van der Waals surface area contributed by atoms with E-state index in [0.717, 1.165) is 17.7 Å². The van der Waals surface area contributed by atoms with Crippen LogP contribution in [0.4, 0.5) is 29.3 Å². The minimum Gasteiger partial charge on any atom is -0.399 e. The Hall–Kier alpha value is -3.12. The number of nitrogens with two attached hydrogens (primary N) is 1. The SMILES string of the molecule is Cc1ccc(N2C(=O)NC(NS(=O)(=O)c3ccc(N)cc3)(C(F)(F)F)C2=O)cc1C. The van der Waals surface area contributed by atoms with E-state index >= 15 is 0 Å². The molecule has 30 heavy (non-hydrogen) atoms. The van der Waals surface area contributed by atoms with Crippen LogP contribution in [0, 0.1) is 13.8 Å². The number of halogens is 3. The molecule has 0 spiro atoms. The van der Waals surface area contributed by atoms with E-state index in [2.05, 4.69) is 0 Å². The summed E-state index contributed by atoms with van der Waals surface area (Å²) in [6.45, 7) is 3.39. The van der Waals surface area contributed by atoms with Crippen molar-refractivity contribution in [3.8, 4) is 0 Å². The van der Waals surface area contributed by atoms with Gasteiger partial charge in [0.2, 0.25) is 10.0 Å². The Balaban J connectivity index is 2.08. The predicted octanol–water partition coefficient (Wildman–Crippen LogP) is 2.18. The fraction of sp³-hybridized carbons (Fsp3) is 0.222. The van der Waals surface area contributed by atoms with Crippen LogP contribution in [-0.4, -0.2) is 32.2 Å². The fourth-order valence-electron chi connectivity index (χ4n) is 2.86. The monoisotopic (exact) mass is 442 g/mol. The molecule has 1 aliphatic rings. The summed E-state index contributed by atoms with van der Waals surface area (Å²) >= 11 is 0. The van der Waals surface area contributed by atoms with E-state index in [1.54, 1.807) is 13.8 Å². The van der Waals surface area contributed by atoms with Gasteiger partial charge in [0.15, 0.2) is 0 Å². The molecule has 1 saturated heterocycles. The van der Waals surface area contributed by atoms with Crippen LogP contribution in [0.3, 0.4) is 0 Å². The zero-order valence-electron chi connectivity index (χ0n) is 15.7. The van der Waals surface area contributed by atoms with Crippen molar-refractivity contribution < 1.29 is 31.2 Å². The van der Waals surface area contributed by atoms with Gasteiger partial charge in [-0.05, 0) is 61.4 Å². The Bertz CT molecular complexity index is 1130. The summed E-state index contributed by atoms with van der Waals surface area (Å²) in [6, 6.07) is 7.05. The van der Waals surface area contributed by atoms with Crippen molar-refractivity contribution in [2.75, 3.05) is 10.6 Å². The van der Waals surface area contributed by atoms with Crippen molar-refractivity contribution in [2.45, 2.75) is 30.6 Å². The molecule has 3 amide bonds. The number of carbonyl (C=O) groups excluding carboxylic acids is 2. The molecule has 4 N–H and O–H groups in total. The maximum atomic E-state index is 14.0. The molecule has 1 unspecified atom stereocenters. The van der Waals surface area contributed by atoms with E-state index in [-0.39, 0.29) is 16.3 Å². The van der Waals surface area contributed by atoms with E-state index in [9.17, 15) is 31.2 Å². The van der Waals surface area contributed by atoms with E-state index in [1.807, 2.05) is 0 Å². The standard InChI is InChI=1S/C18H17F3N4O4S/c1-10-3-6-13(9-11(10)2)25-15(26)17(18(19,20)21,23-16(25)27)24-30(28,29)14-7-4-12(22)5-8-14/h3-9,24H,22H2,1-2H3,(H,23,27). The molecule has 3 rings (SSSR count). The van der Waals surface area contributed by atoms with Gasteiger partial charge < -0.3 is 11.1 Å². The number of sulfonamides is 1. The number of anilines is 2. The quantitative estimate of drug-likeness (QED) is 0.495. The molecule has 1 aliphatic heterocycles. The van der Waals surface area contributed by atoms with E-state index in [0.29, 0.717) is 5.56 Å². The first-order valence-corrected chi connectivity index (χ1v) is 9.97. The second kappa shape index (κ2) is 6.99. The molecule has 0 saturated carbocycles. The highest BCUT2D eigenvalue weighted by atomic mass is 32.2. The van der Waals surface area contributed by atoms with Crippen molar-refractivity contribution in [1.29, 1.82) is 0 Å². The molecular weight excluding hydrogens is 425 g/mol. The Labute approximate surface area is 169 Å².